The van der Waals surface area contributed by atoms with Crippen LogP contribution in [0, 0.1) is 0 Å². The van der Waals surface area contributed by atoms with Crippen LogP contribution >= 0.6 is 15.9 Å². The predicted octanol–water partition coefficient (Wildman–Crippen LogP) is 2.12. The molecule has 0 bridgehead atoms. The molecular weight excluding hydrogens is 299 g/mol. The van der Waals surface area contributed by atoms with Gasteiger partial charge in [-0.3, -0.25) is 0 Å². The molecule has 1 aromatic rings. The van der Waals surface area contributed by atoms with Gasteiger partial charge in [0, 0.05) is 4.47 Å². The van der Waals surface area contributed by atoms with Gasteiger partial charge in [0.1, 0.15) is 0 Å². The fourth-order valence-electron chi connectivity index (χ4n) is 1.02. The summed E-state index contributed by atoms with van der Waals surface area (Å²) in [6, 6.07) is 3.07. The Hall–Kier alpha value is -0.600. The number of hydrogen-bond acceptors (Lipinski definition) is 2. The molecule has 1 aromatic carbocycles. The first-order valence-corrected chi connectivity index (χ1v) is 5.86. The van der Waals surface area contributed by atoms with Gasteiger partial charge in [-0.2, -0.15) is 13.2 Å². The van der Waals surface area contributed by atoms with Crippen molar-refractivity contribution in [2.45, 2.75) is 11.1 Å². The fraction of sp³-hybridized carbons (Fsp3) is 0.143. The van der Waals surface area contributed by atoms with E-state index in [1.54, 1.807) is 0 Å². The number of nitrogens with two attached hydrogens (primary N) is 1. The molecule has 0 saturated heterocycles. The third-order valence-electron chi connectivity index (χ3n) is 1.57. The van der Waals surface area contributed by atoms with Crippen LogP contribution in [-0.2, 0) is 16.2 Å². The van der Waals surface area contributed by atoms with Gasteiger partial charge in [-0.15, -0.1) is 0 Å². The van der Waals surface area contributed by atoms with Crippen LogP contribution in [-0.4, -0.2) is 8.42 Å². The van der Waals surface area contributed by atoms with Crippen LogP contribution in [0.5, 0.6) is 0 Å². The molecule has 0 unspecified atom stereocenters. The number of primary sulfonamides is 1. The fourth-order valence-corrected chi connectivity index (χ4v) is 2.52. The van der Waals surface area contributed by atoms with Gasteiger partial charge in [-0.25, -0.2) is 13.6 Å². The molecule has 0 heterocycles. The summed E-state index contributed by atoms with van der Waals surface area (Å²) in [5.41, 5.74) is -1.28. The van der Waals surface area contributed by atoms with Crippen LogP contribution in [0.3, 0.4) is 0 Å². The zero-order valence-corrected chi connectivity index (χ0v) is 9.45. The lowest BCUT2D eigenvalue weighted by atomic mass is 10.2. The third-order valence-corrected chi connectivity index (χ3v) is 3.18. The SMILES string of the molecule is NS(=O)(=O)c1cccc(Br)c1C(F)(F)F. The summed E-state index contributed by atoms with van der Waals surface area (Å²) in [4.78, 5) is -0.940. The van der Waals surface area contributed by atoms with Crippen molar-refractivity contribution < 1.29 is 21.6 Å². The second-order valence-electron chi connectivity index (χ2n) is 2.66. The van der Waals surface area contributed by atoms with Crippen LogP contribution < -0.4 is 5.14 Å². The monoisotopic (exact) mass is 303 g/mol. The average Bonchev–Trinajstić information content (AvgIpc) is 1.99. The van der Waals surface area contributed by atoms with E-state index in [0.29, 0.717) is 0 Å². The molecule has 8 heteroatoms. The summed E-state index contributed by atoms with van der Waals surface area (Å²) < 4.78 is 58.9. The number of rotatable bonds is 1. The lowest BCUT2D eigenvalue weighted by Gasteiger charge is -2.12. The molecule has 1 rings (SSSR count). The average molecular weight is 304 g/mol. The van der Waals surface area contributed by atoms with Gasteiger partial charge in [0.05, 0.1) is 10.5 Å². The molecule has 0 atom stereocenters. The predicted molar refractivity (Wildman–Crippen MR) is 50.5 cm³/mol. The summed E-state index contributed by atoms with van der Waals surface area (Å²) in [5.74, 6) is 0. The van der Waals surface area contributed by atoms with E-state index in [2.05, 4.69) is 21.1 Å². The third kappa shape index (κ3) is 2.70. The van der Waals surface area contributed by atoms with Crippen molar-refractivity contribution in [3.8, 4) is 0 Å². The molecule has 84 valence electrons. The minimum atomic E-state index is -4.78. The zero-order valence-electron chi connectivity index (χ0n) is 7.05. The molecule has 3 nitrogen and oxygen atoms in total. The van der Waals surface area contributed by atoms with Gasteiger partial charge >= 0.3 is 6.18 Å². The second-order valence-corrected chi connectivity index (χ2v) is 5.04. The minimum Gasteiger partial charge on any atom is -0.225 e. The molecule has 2 N–H and O–H groups in total. The molecule has 0 amide bonds. The van der Waals surface area contributed by atoms with Crippen LogP contribution in [0.15, 0.2) is 27.6 Å². The van der Waals surface area contributed by atoms with Crippen LogP contribution in [0.2, 0.25) is 0 Å². The Labute approximate surface area is 92.3 Å². The first kappa shape index (κ1) is 12.5. The van der Waals surface area contributed by atoms with Crippen LogP contribution in [0.4, 0.5) is 13.2 Å². The van der Waals surface area contributed by atoms with Crippen molar-refractivity contribution in [3.63, 3.8) is 0 Å². The van der Waals surface area contributed by atoms with Gasteiger partial charge in [-0.05, 0) is 12.1 Å². The second kappa shape index (κ2) is 3.76. The Morgan fingerprint density at radius 2 is 1.80 bits per heavy atom. The van der Waals surface area contributed by atoms with Gasteiger partial charge in [-0.1, -0.05) is 22.0 Å². The van der Waals surface area contributed by atoms with Gasteiger partial charge < -0.3 is 0 Å². The lowest BCUT2D eigenvalue weighted by Crippen LogP contribution is -2.19. The van der Waals surface area contributed by atoms with Crippen molar-refractivity contribution in [1.82, 2.24) is 0 Å². The highest BCUT2D eigenvalue weighted by molar-refractivity contribution is 9.10. The number of benzene rings is 1. The first-order chi connectivity index (χ1) is 6.64. The summed E-state index contributed by atoms with van der Waals surface area (Å²) in [6.07, 6.45) is -4.78. The van der Waals surface area contributed by atoms with Gasteiger partial charge in [0.15, 0.2) is 0 Å². The van der Waals surface area contributed by atoms with Crippen LogP contribution in [0.1, 0.15) is 5.56 Å². The highest BCUT2D eigenvalue weighted by Crippen LogP contribution is 2.38. The molecular formula is C7H5BrF3NO2S. The molecule has 0 saturated carbocycles. The zero-order chi connectivity index (χ0) is 11.9. The number of alkyl halides is 3. The van der Waals surface area contributed by atoms with Crippen molar-refractivity contribution in [3.05, 3.63) is 28.2 Å². The lowest BCUT2D eigenvalue weighted by molar-refractivity contribution is -0.140. The molecule has 0 aromatic heterocycles. The maximum absolute atomic E-state index is 12.5. The van der Waals surface area contributed by atoms with Crippen LogP contribution in [0.25, 0.3) is 0 Å². The van der Waals surface area contributed by atoms with E-state index in [-0.39, 0.29) is 4.47 Å². The van der Waals surface area contributed by atoms with Crippen molar-refractivity contribution in [2.24, 2.45) is 5.14 Å². The Bertz CT molecular complexity index is 483. The Kier molecular flexibility index (Phi) is 3.13. The van der Waals surface area contributed by atoms with E-state index in [0.717, 1.165) is 12.1 Å². The highest BCUT2D eigenvalue weighted by Gasteiger charge is 2.38. The molecule has 0 fully saturated rings. The first-order valence-electron chi connectivity index (χ1n) is 3.52. The standard InChI is InChI=1S/C7H5BrF3NO2S/c8-4-2-1-3-5(15(12,13)14)6(4)7(9,10)11/h1-3H,(H2,12,13,14). The Morgan fingerprint density at radius 3 is 2.13 bits per heavy atom. The number of hydrogen-bond donors (Lipinski definition) is 1. The maximum atomic E-state index is 12.5. The maximum Gasteiger partial charge on any atom is 0.418 e. The van der Waals surface area contributed by atoms with Crippen molar-refractivity contribution >= 4 is 26.0 Å². The molecule has 0 aliphatic rings. The molecule has 15 heavy (non-hydrogen) atoms. The van der Waals surface area contributed by atoms with E-state index < -0.39 is 26.7 Å². The smallest absolute Gasteiger partial charge is 0.225 e. The van der Waals surface area contributed by atoms with Gasteiger partial charge in [0.25, 0.3) is 0 Å². The largest absolute Gasteiger partial charge is 0.418 e. The summed E-state index contributed by atoms with van der Waals surface area (Å²) in [6.45, 7) is 0. The van der Waals surface area contributed by atoms with Gasteiger partial charge in [0.2, 0.25) is 10.0 Å². The highest BCUT2D eigenvalue weighted by atomic mass is 79.9. The van der Waals surface area contributed by atoms with Crippen molar-refractivity contribution in [2.75, 3.05) is 0 Å². The molecule has 0 radical (unpaired) electrons. The normalized spacial score (nSPS) is 12.9. The van der Waals surface area contributed by atoms with E-state index in [4.69, 9.17) is 0 Å². The van der Waals surface area contributed by atoms with E-state index in [1.807, 2.05) is 0 Å². The summed E-state index contributed by atoms with van der Waals surface area (Å²) >= 11 is 2.64. The molecule has 0 aliphatic heterocycles. The minimum absolute atomic E-state index is 0.360. The quantitative estimate of drug-likeness (QED) is 0.864. The summed E-state index contributed by atoms with van der Waals surface area (Å²) in [5, 5.41) is 4.67. The number of halogens is 4. The molecule has 0 spiro atoms. The van der Waals surface area contributed by atoms with E-state index in [1.165, 1.54) is 6.07 Å². The Morgan fingerprint density at radius 1 is 1.27 bits per heavy atom. The number of sulfonamides is 1. The topological polar surface area (TPSA) is 60.2 Å². The Balaban J connectivity index is 3.63. The van der Waals surface area contributed by atoms with E-state index >= 15 is 0 Å². The van der Waals surface area contributed by atoms with Crippen molar-refractivity contribution in [1.29, 1.82) is 0 Å². The summed E-state index contributed by atoms with van der Waals surface area (Å²) in [7, 11) is -4.39. The molecule has 0 aliphatic carbocycles. The van der Waals surface area contributed by atoms with E-state index in [9.17, 15) is 21.6 Å².